The van der Waals surface area contributed by atoms with Crippen LogP contribution in [-0.2, 0) is 32.1 Å². The van der Waals surface area contributed by atoms with Crippen LogP contribution in [0.1, 0.15) is 37.8 Å². The van der Waals surface area contributed by atoms with Crippen LogP contribution in [0, 0.1) is 21.4 Å². The number of hydrogen-bond donors (Lipinski definition) is 7. The van der Waals surface area contributed by atoms with Crippen LogP contribution < -0.4 is 32.3 Å². The van der Waals surface area contributed by atoms with E-state index in [4.69, 9.17) is 15.9 Å². The largest absolute Gasteiger partial charge is 0.445 e. The molecule has 3 aromatic carbocycles. The molecule has 0 radical (unpaired) electrons. The van der Waals surface area contributed by atoms with E-state index in [1.165, 1.54) is 24.3 Å². The summed E-state index contributed by atoms with van der Waals surface area (Å²) >= 11 is 0. The Labute approximate surface area is 284 Å². The van der Waals surface area contributed by atoms with Crippen molar-refractivity contribution in [3.05, 3.63) is 106 Å². The first-order chi connectivity index (χ1) is 23.4. The van der Waals surface area contributed by atoms with E-state index in [0.29, 0.717) is 6.42 Å². The van der Waals surface area contributed by atoms with Gasteiger partial charge in [0.2, 0.25) is 17.7 Å². The maximum Gasteiger partial charge on any atom is 0.408 e. The molecule has 3 aromatic rings. The van der Waals surface area contributed by atoms with Gasteiger partial charge in [-0.15, -0.1) is 0 Å². The van der Waals surface area contributed by atoms with Crippen molar-refractivity contribution in [1.82, 2.24) is 21.3 Å². The van der Waals surface area contributed by atoms with E-state index in [1.54, 1.807) is 50.2 Å². The predicted molar refractivity (Wildman–Crippen MR) is 183 cm³/mol. The number of amides is 4. The summed E-state index contributed by atoms with van der Waals surface area (Å²) in [5.74, 6) is -2.54. The topological polar surface area (TPSA) is 231 Å². The average Bonchev–Trinajstić information content (AvgIpc) is 3.08. The second-order valence-electron chi connectivity index (χ2n) is 11.5. The van der Waals surface area contributed by atoms with Gasteiger partial charge in [0.05, 0.1) is 4.92 Å². The van der Waals surface area contributed by atoms with Gasteiger partial charge in [-0.05, 0) is 42.0 Å². The molecule has 0 fully saturated rings. The highest BCUT2D eigenvalue weighted by atomic mass is 16.6. The molecule has 0 aromatic heterocycles. The molecule has 4 amide bonds. The number of benzene rings is 3. The summed E-state index contributed by atoms with van der Waals surface area (Å²) in [6.45, 7) is 3.70. The van der Waals surface area contributed by atoms with Gasteiger partial charge in [-0.2, -0.15) is 0 Å². The Hall–Kier alpha value is -5.99. The summed E-state index contributed by atoms with van der Waals surface area (Å²) in [6, 6.07) is 20.0. The van der Waals surface area contributed by atoms with Crippen molar-refractivity contribution in [2.24, 2.45) is 11.7 Å². The highest BCUT2D eigenvalue weighted by Crippen LogP contribution is 2.16. The number of nitrogens with two attached hydrogens (primary N) is 1. The molecule has 0 heterocycles. The standard InChI is InChI=1S/C34H42N8O7/c1-22(2)29(32(45)39-27(14-9-19-37-33(35)36)30(43)38-25-15-17-26(18-16-25)42(47)48)41-31(44)28(20-23-10-5-3-6-11-23)40-34(46)49-21-24-12-7-4-8-13-24/h3-8,10-13,15-18,22,27-29H,9,14,19-21H2,1-2H3,(H,38,43)(H,39,45)(H,40,46)(H,41,44)(H4,35,36,37)/t27-,28-,29-/m0/s1. The lowest BCUT2D eigenvalue weighted by molar-refractivity contribution is -0.384. The number of non-ortho nitro benzene ring substituents is 1. The number of ether oxygens (including phenoxy) is 1. The Morgan fingerprint density at radius 3 is 2.00 bits per heavy atom. The van der Waals surface area contributed by atoms with Gasteiger partial charge in [-0.1, -0.05) is 74.5 Å². The number of alkyl carbamates (subject to hydrolysis) is 1. The summed E-state index contributed by atoms with van der Waals surface area (Å²) in [7, 11) is 0. The zero-order valence-electron chi connectivity index (χ0n) is 27.3. The number of nitro groups is 1. The Morgan fingerprint density at radius 1 is 0.816 bits per heavy atom. The van der Waals surface area contributed by atoms with Crippen molar-refractivity contribution in [1.29, 1.82) is 5.41 Å². The highest BCUT2D eigenvalue weighted by Gasteiger charge is 2.32. The number of guanidine groups is 1. The maximum absolute atomic E-state index is 13.7. The number of hydrogen-bond acceptors (Lipinski definition) is 8. The third kappa shape index (κ3) is 13.0. The normalized spacial score (nSPS) is 12.5. The Morgan fingerprint density at radius 2 is 1.43 bits per heavy atom. The monoisotopic (exact) mass is 674 g/mol. The minimum atomic E-state index is -1.10. The zero-order valence-corrected chi connectivity index (χ0v) is 27.3. The van der Waals surface area contributed by atoms with Crippen LogP contribution >= 0.6 is 0 Å². The lowest BCUT2D eigenvalue weighted by Crippen LogP contribution is -2.58. The first-order valence-electron chi connectivity index (χ1n) is 15.7. The number of anilines is 1. The van der Waals surface area contributed by atoms with Crippen molar-refractivity contribution >= 4 is 41.1 Å². The fraction of sp³-hybridized carbons (Fsp3) is 0.324. The average molecular weight is 675 g/mol. The Kier molecular flexibility index (Phi) is 14.5. The van der Waals surface area contributed by atoms with Gasteiger partial charge in [-0.25, -0.2) is 4.79 Å². The number of rotatable bonds is 17. The summed E-state index contributed by atoms with van der Waals surface area (Å²) in [5, 5.41) is 31.7. The molecule has 260 valence electrons. The van der Waals surface area contributed by atoms with Gasteiger partial charge >= 0.3 is 6.09 Å². The van der Waals surface area contributed by atoms with Crippen LogP contribution in [-0.4, -0.2) is 59.4 Å². The highest BCUT2D eigenvalue weighted by molar-refractivity contribution is 5.99. The van der Waals surface area contributed by atoms with E-state index < -0.39 is 52.8 Å². The molecule has 8 N–H and O–H groups in total. The van der Waals surface area contributed by atoms with Crippen LogP contribution in [0.2, 0.25) is 0 Å². The molecule has 0 spiro atoms. The van der Waals surface area contributed by atoms with E-state index in [2.05, 4.69) is 26.6 Å². The first kappa shape index (κ1) is 37.5. The number of nitro benzene ring substituents is 1. The van der Waals surface area contributed by atoms with E-state index >= 15 is 0 Å². The van der Waals surface area contributed by atoms with Gasteiger partial charge < -0.3 is 37.1 Å². The number of nitrogens with one attached hydrogen (secondary N) is 6. The second-order valence-corrected chi connectivity index (χ2v) is 11.5. The summed E-state index contributed by atoms with van der Waals surface area (Å²) in [5.41, 5.74) is 7.00. The van der Waals surface area contributed by atoms with Crippen LogP contribution in [0.3, 0.4) is 0 Å². The lowest BCUT2D eigenvalue weighted by Gasteiger charge is -2.27. The molecular weight excluding hydrogens is 632 g/mol. The van der Waals surface area contributed by atoms with Crippen molar-refractivity contribution < 1.29 is 28.8 Å². The van der Waals surface area contributed by atoms with E-state index in [-0.39, 0.29) is 43.3 Å². The van der Waals surface area contributed by atoms with Crippen molar-refractivity contribution in [2.75, 3.05) is 11.9 Å². The summed E-state index contributed by atoms with van der Waals surface area (Å²) in [6.07, 6.45) is -0.226. The van der Waals surface area contributed by atoms with E-state index in [1.807, 2.05) is 24.3 Å². The molecule has 3 rings (SSSR count). The predicted octanol–water partition coefficient (Wildman–Crippen LogP) is 2.96. The van der Waals surface area contributed by atoms with Gasteiger partial charge in [0.1, 0.15) is 24.7 Å². The minimum Gasteiger partial charge on any atom is -0.445 e. The number of nitrogens with zero attached hydrogens (tertiary/aromatic N) is 1. The second kappa shape index (κ2) is 19.0. The first-order valence-corrected chi connectivity index (χ1v) is 15.7. The van der Waals surface area contributed by atoms with Gasteiger partial charge in [0.25, 0.3) is 5.69 Å². The molecule has 0 unspecified atom stereocenters. The van der Waals surface area contributed by atoms with E-state index in [9.17, 15) is 29.3 Å². The molecule has 0 aliphatic carbocycles. The molecule has 0 aliphatic heterocycles. The van der Waals surface area contributed by atoms with E-state index in [0.717, 1.165) is 11.1 Å². The third-order valence-electron chi connectivity index (χ3n) is 7.31. The zero-order chi connectivity index (χ0) is 35.8. The molecule has 0 aliphatic rings. The molecule has 15 nitrogen and oxygen atoms in total. The Balaban J connectivity index is 1.74. The summed E-state index contributed by atoms with van der Waals surface area (Å²) in [4.78, 5) is 63.8. The lowest BCUT2D eigenvalue weighted by atomic mass is 10.00. The van der Waals surface area contributed by atoms with Gasteiger partial charge in [0.15, 0.2) is 5.96 Å². The van der Waals surface area contributed by atoms with Crippen LogP contribution in [0.15, 0.2) is 84.9 Å². The molecule has 0 saturated carbocycles. The molecule has 49 heavy (non-hydrogen) atoms. The summed E-state index contributed by atoms with van der Waals surface area (Å²) < 4.78 is 5.34. The van der Waals surface area contributed by atoms with Crippen LogP contribution in [0.25, 0.3) is 0 Å². The van der Waals surface area contributed by atoms with Crippen molar-refractivity contribution in [3.8, 4) is 0 Å². The van der Waals surface area contributed by atoms with Crippen LogP contribution in [0.5, 0.6) is 0 Å². The molecule has 0 bridgehead atoms. The number of carbonyl (C=O) groups is 4. The molecule has 0 saturated heterocycles. The quantitative estimate of drug-likeness (QED) is 0.0366. The SMILES string of the molecule is CC(C)[C@H](NC(=O)[C@H](Cc1ccccc1)NC(=O)OCc1ccccc1)C(=O)N[C@@H](CCCNC(=N)N)C(=O)Nc1ccc([N+](=O)[O-])cc1. The fourth-order valence-corrected chi connectivity index (χ4v) is 4.71. The maximum atomic E-state index is 13.7. The third-order valence-corrected chi connectivity index (χ3v) is 7.31. The van der Waals surface area contributed by atoms with Crippen molar-refractivity contribution in [3.63, 3.8) is 0 Å². The Bertz CT molecular complexity index is 1570. The smallest absolute Gasteiger partial charge is 0.408 e. The molecule has 15 heteroatoms. The van der Waals surface area contributed by atoms with Crippen LogP contribution in [0.4, 0.5) is 16.2 Å². The minimum absolute atomic E-state index is 0.00532. The fourth-order valence-electron chi connectivity index (χ4n) is 4.71. The number of carbonyl (C=O) groups excluding carboxylic acids is 4. The van der Waals surface area contributed by atoms with Crippen molar-refractivity contribution in [2.45, 2.75) is 57.8 Å². The molecular formula is C34H42N8O7. The van der Waals surface area contributed by atoms with Gasteiger partial charge in [0, 0.05) is 30.8 Å². The molecule has 3 atom stereocenters. The van der Waals surface area contributed by atoms with Gasteiger partial charge in [-0.3, -0.25) is 29.9 Å².